The van der Waals surface area contributed by atoms with E-state index in [9.17, 15) is 4.79 Å². The lowest BCUT2D eigenvalue weighted by atomic mass is 10.2. The van der Waals surface area contributed by atoms with Crippen LogP contribution in [-0.4, -0.2) is 73.3 Å². The molecule has 0 saturated carbocycles. The summed E-state index contributed by atoms with van der Waals surface area (Å²) in [7, 11) is 5.96. The smallest absolute Gasteiger partial charge is 0.251 e. The average Bonchev–Trinajstić information content (AvgIpc) is 3.31. The summed E-state index contributed by atoms with van der Waals surface area (Å²) in [6.07, 6.45) is 2.89. The summed E-state index contributed by atoms with van der Waals surface area (Å²) >= 11 is 1.67. The van der Waals surface area contributed by atoms with Crippen LogP contribution in [0.2, 0.25) is 0 Å². The molecular weight excluding hydrogens is 476 g/mol. The third kappa shape index (κ3) is 4.93. The van der Waals surface area contributed by atoms with Gasteiger partial charge in [0.2, 0.25) is 5.95 Å². The van der Waals surface area contributed by atoms with Crippen LogP contribution in [0.3, 0.4) is 0 Å². The van der Waals surface area contributed by atoms with E-state index in [0.29, 0.717) is 31.5 Å². The first-order valence-electron chi connectivity index (χ1n) is 11.6. The molecular formula is C25H28N8O2S. The van der Waals surface area contributed by atoms with E-state index >= 15 is 0 Å². The first kappa shape index (κ1) is 23.9. The van der Waals surface area contributed by atoms with Crippen molar-refractivity contribution < 1.29 is 9.53 Å². The van der Waals surface area contributed by atoms with Gasteiger partial charge < -0.3 is 25.2 Å². The van der Waals surface area contributed by atoms with Gasteiger partial charge >= 0.3 is 0 Å². The maximum absolute atomic E-state index is 11.3. The van der Waals surface area contributed by atoms with Gasteiger partial charge in [0.1, 0.15) is 0 Å². The van der Waals surface area contributed by atoms with Crippen LogP contribution in [0.15, 0.2) is 42.7 Å². The van der Waals surface area contributed by atoms with E-state index in [2.05, 4.69) is 50.1 Å². The second-order valence-electron chi connectivity index (χ2n) is 8.83. The molecule has 4 heterocycles. The predicted molar refractivity (Wildman–Crippen MR) is 143 cm³/mol. The Kier molecular flexibility index (Phi) is 6.66. The molecule has 0 aliphatic carbocycles. The van der Waals surface area contributed by atoms with Crippen molar-refractivity contribution in [1.29, 1.82) is 0 Å². The van der Waals surface area contributed by atoms with E-state index in [1.54, 1.807) is 11.3 Å². The number of thiophene rings is 1. The summed E-state index contributed by atoms with van der Waals surface area (Å²) in [5.74, 6) is 1.61. The van der Waals surface area contributed by atoms with Crippen LogP contribution in [-0.2, 0) is 11.3 Å². The van der Waals surface area contributed by atoms with Gasteiger partial charge in [-0.1, -0.05) is 0 Å². The highest BCUT2D eigenvalue weighted by molar-refractivity contribution is 7.19. The summed E-state index contributed by atoms with van der Waals surface area (Å²) in [5.41, 5.74) is 8.60. The fourth-order valence-electron chi connectivity index (χ4n) is 4.02. The fourth-order valence-corrected chi connectivity index (χ4v) is 5.19. The van der Waals surface area contributed by atoms with Crippen molar-refractivity contribution in [2.75, 3.05) is 62.1 Å². The van der Waals surface area contributed by atoms with Crippen molar-refractivity contribution in [3.8, 4) is 11.4 Å². The Hall–Kier alpha value is -3.83. The number of aromatic nitrogens is 4. The number of rotatable bonds is 7. The van der Waals surface area contributed by atoms with Crippen LogP contribution >= 0.6 is 11.3 Å². The van der Waals surface area contributed by atoms with Crippen molar-refractivity contribution >= 4 is 44.9 Å². The number of hydrogen-bond donors (Lipinski definition) is 1. The van der Waals surface area contributed by atoms with Crippen molar-refractivity contribution in [3.63, 3.8) is 0 Å². The van der Waals surface area contributed by atoms with Crippen LogP contribution in [0, 0.1) is 0 Å². The first-order valence-corrected chi connectivity index (χ1v) is 12.4. The number of nitrogens with two attached hydrogens (primary N) is 1. The number of amides is 1. The maximum atomic E-state index is 11.3. The topological polar surface area (TPSA) is 114 Å². The van der Waals surface area contributed by atoms with Gasteiger partial charge in [0.15, 0.2) is 11.6 Å². The largest absolute Gasteiger partial charge is 0.378 e. The zero-order valence-electron chi connectivity index (χ0n) is 20.5. The van der Waals surface area contributed by atoms with Crippen molar-refractivity contribution in [3.05, 3.63) is 53.2 Å². The highest BCUT2D eigenvalue weighted by atomic mass is 32.1. The molecule has 0 unspecified atom stereocenters. The monoisotopic (exact) mass is 504 g/mol. The molecule has 0 bridgehead atoms. The summed E-state index contributed by atoms with van der Waals surface area (Å²) in [5, 5.41) is 0. The zero-order chi connectivity index (χ0) is 25.2. The Morgan fingerprint density at radius 2 is 1.78 bits per heavy atom. The van der Waals surface area contributed by atoms with E-state index in [4.69, 9.17) is 20.4 Å². The zero-order valence-corrected chi connectivity index (χ0v) is 21.3. The Morgan fingerprint density at radius 1 is 1.08 bits per heavy atom. The van der Waals surface area contributed by atoms with Crippen LogP contribution < -0.4 is 20.4 Å². The number of carbonyl (C=O) groups is 1. The number of nitrogens with zero attached hydrogens (tertiary/aromatic N) is 7. The standard InChI is InChI=1S/C25H28N8O2S/c1-31(2)18-6-4-16(5-7-18)23-29-20-12-19(15-32(3)25-27-13-17(14-28-25)22(26)34)36-21(20)24(30-23)33-8-10-35-11-9-33/h4-7,12-14H,8-11,15H2,1-3H3,(H2,26,34). The molecule has 0 spiro atoms. The minimum Gasteiger partial charge on any atom is -0.378 e. The first-order chi connectivity index (χ1) is 17.4. The molecule has 36 heavy (non-hydrogen) atoms. The molecule has 0 radical (unpaired) electrons. The fraction of sp³-hybridized carbons (Fsp3) is 0.320. The second-order valence-corrected chi connectivity index (χ2v) is 9.97. The molecule has 1 fully saturated rings. The average molecular weight is 505 g/mol. The Morgan fingerprint density at radius 3 is 2.42 bits per heavy atom. The summed E-state index contributed by atoms with van der Waals surface area (Å²) in [6.45, 7) is 3.53. The Balaban J connectivity index is 1.49. The lowest BCUT2D eigenvalue weighted by Crippen LogP contribution is -2.36. The number of carbonyl (C=O) groups excluding carboxylic acids is 1. The van der Waals surface area contributed by atoms with Gasteiger partial charge in [0.05, 0.1) is 35.5 Å². The molecule has 1 saturated heterocycles. The normalized spacial score (nSPS) is 13.7. The summed E-state index contributed by atoms with van der Waals surface area (Å²) < 4.78 is 6.63. The molecule has 1 aromatic carbocycles. The highest BCUT2D eigenvalue weighted by Gasteiger charge is 2.21. The van der Waals surface area contributed by atoms with Crippen LogP contribution in [0.1, 0.15) is 15.2 Å². The van der Waals surface area contributed by atoms with Gasteiger partial charge in [0, 0.05) is 62.8 Å². The Bertz CT molecular complexity index is 1370. The molecule has 0 atom stereocenters. The predicted octanol–water partition coefficient (Wildman–Crippen LogP) is 2.79. The van der Waals surface area contributed by atoms with Gasteiger partial charge in [-0.2, -0.15) is 0 Å². The van der Waals surface area contributed by atoms with Crippen molar-refractivity contribution in [2.24, 2.45) is 5.73 Å². The van der Waals surface area contributed by atoms with E-state index in [1.807, 2.05) is 26.0 Å². The number of fused-ring (bicyclic) bond motifs is 1. The molecule has 1 aliphatic rings. The minimum atomic E-state index is -0.546. The van der Waals surface area contributed by atoms with Gasteiger partial charge in [-0.25, -0.2) is 19.9 Å². The van der Waals surface area contributed by atoms with Gasteiger partial charge in [-0.15, -0.1) is 11.3 Å². The number of anilines is 3. The van der Waals surface area contributed by atoms with Gasteiger partial charge in [-0.3, -0.25) is 4.79 Å². The lowest BCUT2D eigenvalue weighted by Gasteiger charge is -2.28. The molecule has 5 rings (SSSR count). The molecule has 4 aromatic rings. The maximum Gasteiger partial charge on any atom is 0.251 e. The molecule has 186 valence electrons. The number of benzene rings is 1. The van der Waals surface area contributed by atoms with Gasteiger partial charge in [0.25, 0.3) is 5.91 Å². The van der Waals surface area contributed by atoms with Crippen LogP contribution in [0.4, 0.5) is 17.5 Å². The molecule has 10 nitrogen and oxygen atoms in total. The van der Waals surface area contributed by atoms with Crippen LogP contribution in [0.5, 0.6) is 0 Å². The van der Waals surface area contributed by atoms with Crippen molar-refractivity contribution in [1.82, 2.24) is 19.9 Å². The lowest BCUT2D eigenvalue weighted by molar-refractivity contribution is 0.0999. The molecule has 1 amide bonds. The quantitative estimate of drug-likeness (QED) is 0.406. The molecule has 2 N–H and O–H groups in total. The number of morpholine rings is 1. The Labute approximate surface area is 213 Å². The third-order valence-electron chi connectivity index (χ3n) is 6.01. The van der Waals surface area contributed by atoms with E-state index in [-0.39, 0.29) is 5.56 Å². The molecule has 11 heteroatoms. The number of hydrogen-bond acceptors (Lipinski definition) is 10. The molecule has 1 aliphatic heterocycles. The minimum absolute atomic E-state index is 0.283. The van der Waals surface area contributed by atoms with Crippen LogP contribution in [0.25, 0.3) is 21.6 Å². The highest BCUT2D eigenvalue weighted by Crippen LogP contribution is 2.35. The third-order valence-corrected chi connectivity index (χ3v) is 7.12. The summed E-state index contributed by atoms with van der Waals surface area (Å²) in [4.78, 5) is 37.2. The van der Waals surface area contributed by atoms with E-state index in [1.165, 1.54) is 12.4 Å². The second kappa shape index (κ2) is 10.0. The van der Waals surface area contributed by atoms with Crippen molar-refractivity contribution in [2.45, 2.75) is 6.54 Å². The summed E-state index contributed by atoms with van der Waals surface area (Å²) in [6, 6.07) is 10.4. The van der Waals surface area contributed by atoms with Gasteiger partial charge in [-0.05, 0) is 30.3 Å². The van der Waals surface area contributed by atoms with E-state index < -0.39 is 5.91 Å². The SMILES string of the molecule is CN(C)c1ccc(-c2nc(N3CCOCC3)c3sc(CN(C)c4ncc(C(N)=O)cn4)cc3n2)cc1. The molecule has 3 aromatic heterocycles. The number of primary amides is 1. The number of ether oxygens (including phenoxy) is 1. The van der Waals surface area contributed by atoms with E-state index in [0.717, 1.165) is 45.3 Å².